The van der Waals surface area contributed by atoms with Crippen LogP contribution in [-0.2, 0) is 49.4 Å². The zero-order valence-corrected chi connectivity index (χ0v) is 35.4. The summed E-state index contributed by atoms with van der Waals surface area (Å²) in [6.45, 7) is 40.3. The molecule has 4 rings (SSSR count). The number of rotatable bonds is 22. The fourth-order valence-corrected chi connectivity index (χ4v) is 6.96. The first kappa shape index (κ1) is 46.4. The van der Waals surface area contributed by atoms with Crippen molar-refractivity contribution < 1.29 is 19.7 Å². The van der Waals surface area contributed by atoms with E-state index in [1.807, 2.05) is 24.3 Å². The fraction of sp³-hybridized carbons (Fsp3) is 0.259. The number of hydrogen-bond acceptors (Lipinski definition) is 4. The van der Waals surface area contributed by atoms with Gasteiger partial charge in [0, 0.05) is 10.8 Å². The standard InChI is InChI=1S/2C27H32O2/c1-7-11-21-19-23(13-15-25(21)28-17-9-3)27(5,6)24-14-16-26(29-18-10-4)22(20-24)12-8-2;1-7-11-19-15-23(16-20(12-8-2)25(19)28)27(5,6)24-17-21(13-9-3)26(29)22(18-24)14-10-4/h7-10,13-16,19-20H,1-4,11-12,17-18H2,5-6H3;7-10,15-18,28-29H,1-4,11-14H2,5-6H3. The lowest BCUT2D eigenvalue weighted by Crippen LogP contribution is -2.20. The van der Waals surface area contributed by atoms with E-state index in [2.05, 4.69) is 129 Å². The van der Waals surface area contributed by atoms with Crippen molar-refractivity contribution in [1.29, 1.82) is 0 Å². The van der Waals surface area contributed by atoms with E-state index in [0.29, 0.717) is 50.4 Å². The maximum absolute atomic E-state index is 10.6. The van der Waals surface area contributed by atoms with Crippen molar-refractivity contribution in [3.8, 4) is 23.0 Å². The van der Waals surface area contributed by atoms with E-state index < -0.39 is 0 Å². The Bertz CT molecular complexity index is 1900. The van der Waals surface area contributed by atoms with E-state index in [0.717, 1.165) is 68.8 Å². The van der Waals surface area contributed by atoms with Crippen molar-refractivity contribution in [3.05, 3.63) is 218 Å². The molecule has 58 heavy (non-hydrogen) atoms. The molecule has 0 aliphatic carbocycles. The molecule has 0 unspecified atom stereocenters. The Kier molecular flexibility index (Phi) is 17.7. The van der Waals surface area contributed by atoms with Gasteiger partial charge in [0.05, 0.1) is 0 Å². The molecule has 304 valence electrons. The smallest absolute Gasteiger partial charge is 0.123 e. The maximum atomic E-state index is 10.6. The number of allylic oxidation sites excluding steroid dienone is 6. The summed E-state index contributed by atoms with van der Waals surface area (Å²) >= 11 is 0. The second-order valence-corrected chi connectivity index (χ2v) is 15.3. The van der Waals surface area contributed by atoms with E-state index in [1.54, 1.807) is 36.5 Å². The zero-order valence-electron chi connectivity index (χ0n) is 35.4. The second-order valence-electron chi connectivity index (χ2n) is 15.3. The van der Waals surface area contributed by atoms with Gasteiger partial charge in [0.2, 0.25) is 0 Å². The molecule has 4 heteroatoms. The Labute approximate surface area is 349 Å². The maximum Gasteiger partial charge on any atom is 0.123 e. The van der Waals surface area contributed by atoms with Crippen molar-refractivity contribution in [2.75, 3.05) is 13.2 Å². The van der Waals surface area contributed by atoms with E-state index in [1.165, 1.54) is 11.1 Å². The molecule has 0 aliphatic rings. The van der Waals surface area contributed by atoms with Crippen molar-refractivity contribution in [2.45, 2.75) is 77.0 Å². The van der Waals surface area contributed by atoms with Crippen LogP contribution in [0.2, 0.25) is 0 Å². The third-order valence-corrected chi connectivity index (χ3v) is 10.4. The van der Waals surface area contributed by atoms with Gasteiger partial charge >= 0.3 is 0 Å². The predicted octanol–water partition coefficient (Wildman–Crippen LogP) is 12.9. The van der Waals surface area contributed by atoms with Crippen LogP contribution in [0.25, 0.3) is 0 Å². The van der Waals surface area contributed by atoms with Gasteiger partial charge in [-0.2, -0.15) is 0 Å². The average Bonchev–Trinajstić information content (AvgIpc) is 3.20. The first-order valence-corrected chi connectivity index (χ1v) is 19.9. The monoisotopic (exact) mass is 776 g/mol. The SMILES string of the molecule is C=CCOc1ccc(C(C)(C)c2ccc(OCC=C)c(CC=C)c2)cc1CC=C.C=CCc1cc(C(C)(C)c2cc(CC=C)c(O)c(CC=C)c2)cc(CC=C)c1O. The van der Waals surface area contributed by atoms with Gasteiger partial charge < -0.3 is 19.7 Å². The molecular weight excluding hydrogens is 713 g/mol. The first-order chi connectivity index (χ1) is 27.8. The molecule has 0 spiro atoms. The Morgan fingerprint density at radius 1 is 0.397 bits per heavy atom. The molecule has 0 atom stereocenters. The number of benzene rings is 4. The topological polar surface area (TPSA) is 58.9 Å². The lowest BCUT2D eigenvalue weighted by Gasteiger charge is -2.29. The van der Waals surface area contributed by atoms with Crippen molar-refractivity contribution in [3.63, 3.8) is 0 Å². The van der Waals surface area contributed by atoms with Crippen LogP contribution in [0.5, 0.6) is 23.0 Å². The van der Waals surface area contributed by atoms with Crippen LogP contribution < -0.4 is 9.47 Å². The van der Waals surface area contributed by atoms with Gasteiger partial charge in [0.1, 0.15) is 36.2 Å². The normalized spacial score (nSPS) is 11.0. The highest BCUT2D eigenvalue weighted by atomic mass is 16.5. The van der Waals surface area contributed by atoms with Crippen molar-refractivity contribution in [1.82, 2.24) is 0 Å². The van der Waals surface area contributed by atoms with E-state index >= 15 is 0 Å². The highest BCUT2D eigenvalue weighted by molar-refractivity contribution is 5.54. The van der Waals surface area contributed by atoms with Crippen LogP contribution in [0.4, 0.5) is 0 Å². The van der Waals surface area contributed by atoms with Gasteiger partial charge in [-0.3, -0.25) is 0 Å². The van der Waals surface area contributed by atoms with Gasteiger partial charge in [0.25, 0.3) is 0 Å². The van der Waals surface area contributed by atoms with Gasteiger partial charge in [-0.05, 0) is 106 Å². The third kappa shape index (κ3) is 11.5. The average molecular weight is 777 g/mol. The summed E-state index contributed by atoms with van der Waals surface area (Å²) in [5, 5.41) is 21.3. The summed E-state index contributed by atoms with van der Waals surface area (Å²) in [7, 11) is 0. The molecule has 0 aliphatic heterocycles. The molecule has 2 N–H and O–H groups in total. The Morgan fingerprint density at radius 3 is 0.931 bits per heavy atom. The number of phenolic OH excluding ortho intramolecular Hbond substituents is 2. The molecule has 0 amide bonds. The molecule has 4 aromatic rings. The van der Waals surface area contributed by atoms with Crippen LogP contribution in [0.1, 0.15) is 83.3 Å². The summed E-state index contributed by atoms with van der Waals surface area (Å²) in [5.74, 6) is 2.39. The Balaban J connectivity index is 0.000000310. The molecular formula is C54H64O4. The zero-order chi connectivity index (χ0) is 42.9. The lowest BCUT2D eigenvalue weighted by atomic mass is 9.75. The molecule has 0 aromatic heterocycles. The number of ether oxygens (including phenoxy) is 2. The van der Waals surface area contributed by atoms with Crippen LogP contribution in [0, 0.1) is 0 Å². The number of aromatic hydroxyl groups is 2. The predicted molar refractivity (Wildman–Crippen MR) is 248 cm³/mol. The van der Waals surface area contributed by atoms with E-state index in [-0.39, 0.29) is 10.8 Å². The molecule has 0 heterocycles. The van der Waals surface area contributed by atoms with Crippen LogP contribution in [-0.4, -0.2) is 23.4 Å². The first-order valence-electron chi connectivity index (χ1n) is 19.9. The Hall–Kier alpha value is -6.00. The lowest BCUT2D eigenvalue weighted by molar-refractivity contribution is 0.359. The summed E-state index contributed by atoms with van der Waals surface area (Å²) in [6.07, 6.45) is 18.4. The molecule has 0 saturated heterocycles. The molecule has 0 radical (unpaired) electrons. The molecule has 4 aromatic carbocycles. The molecule has 4 nitrogen and oxygen atoms in total. The molecule has 0 saturated carbocycles. The molecule has 0 bridgehead atoms. The summed E-state index contributed by atoms with van der Waals surface area (Å²) in [6, 6.07) is 21.0. The van der Waals surface area contributed by atoms with Crippen molar-refractivity contribution >= 4 is 0 Å². The van der Waals surface area contributed by atoms with Crippen LogP contribution >= 0.6 is 0 Å². The summed E-state index contributed by atoms with van der Waals surface area (Å²) in [5.41, 5.74) is 9.84. The van der Waals surface area contributed by atoms with Gasteiger partial charge in [-0.1, -0.05) is 138 Å². The fourth-order valence-electron chi connectivity index (χ4n) is 6.96. The van der Waals surface area contributed by atoms with E-state index in [9.17, 15) is 10.2 Å². The number of phenols is 2. The van der Waals surface area contributed by atoms with Gasteiger partial charge in [-0.25, -0.2) is 0 Å². The van der Waals surface area contributed by atoms with Crippen LogP contribution in [0.15, 0.2) is 162 Å². The highest BCUT2D eigenvalue weighted by Gasteiger charge is 2.28. The van der Waals surface area contributed by atoms with E-state index in [4.69, 9.17) is 9.47 Å². The minimum absolute atomic E-state index is 0.181. The Morgan fingerprint density at radius 2 is 0.655 bits per heavy atom. The number of hydrogen-bond donors (Lipinski definition) is 2. The van der Waals surface area contributed by atoms with Crippen LogP contribution in [0.3, 0.4) is 0 Å². The minimum Gasteiger partial charge on any atom is -0.507 e. The quantitative estimate of drug-likeness (QED) is 0.0781. The third-order valence-electron chi connectivity index (χ3n) is 10.4. The largest absolute Gasteiger partial charge is 0.507 e. The van der Waals surface area contributed by atoms with Crippen molar-refractivity contribution in [2.24, 2.45) is 0 Å². The van der Waals surface area contributed by atoms with Gasteiger partial charge in [0.15, 0.2) is 0 Å². The summed E-state index contributed by atoms with van der Waals surface area (Å²) in [4.78, 5) is 0. The van der Waals surface area contributed by atoms with Gasteiger partial charge in [-0.15, -0.1) is 39.5 Å². The summed E-state index contributed by atoms with van der Waals surface area (Å²) < 4.78 is 11.6. The highest BCUT2D eigenvalue weighted by Crippen LogP contribution is 2.40. The minimum atomic E-state index is -0.334. The molecule has 0 fully saturated rings. The second kappa shape index (κ2) is 22.1.